The first-order chi connectivity index (χ1) is 15.9. The minimum atomic E-state index is -0.397. The Hall–Kier alpha value is -3.93. The van der Waals surface area contributed by atoms with Crippen molar-refractivity contribution >= 4 is 23.1 Å². The standard InChI is InChI=1S/C27H25FN2O3/c1-17-4-7-20(16-18(17)2)24-25(29-22-10-8-21(28)9-11-22)27(32)30(26(24)31)15-14-19-5-12-23(33-3)13-6-19/h4-13,16,29H,14-15H2,1-3H3. The van der Waals surface area contributed by atoms with Crippen molar-refractivity contribution < 1.29 is 18.7 Å². The van der Waals surface area contributed by atoms with Crippen molar-refractivity contribution in [1.82, 2.24) is 4.90 Å². The Kier molecular flexibility index (Phi) is 6.27. The Bertz CT molecular complexity index is 1230. The molecule has 0 bridgehead atoms. The first-order valence-electron chi connectivity index (χ1n) is 10.7. The summed E-state index contributed by atoms with van der Waals surface area (Å²) >= 11 is 0. The molecule has 0 saturated carbocycles. The van der Waals surface area contributed by atoms with E-state index in [1.54, 1.807) is 7.11 Å². The molecule has 1 aliphatic rings. The number of anilines is 1. The van der Waals surface area contributed by atoms with Crippen LogP contribution in [0.25, 0.3) is 5.57 Å². The molecule has 168 valence electrons. The van der Waals surface area contributed by atoms with E-state index in [0.717, 1.165) is 22.4 Å². The van der Waals surface area contributed by atoms with Crippen LogP contribution in [0, 0.1) is 19.7 Å². The van der Waals surface area contributed by atoms with Crippen molar-refractivity contribution in [2.45, 2.75) is 20.3 Å². The zero-order valence-corrected chi connectivity index (χ0v) is 18.8. The van der Waals surface area contributed by atoms with Crippen molar-refractivity contribution in [3.8, 4) is 5.75 Å². The van der Waals surface area contributed by atoms with Crippen molar-refractivity contribution in [1.29, 1.82) is 0 Å². The van der Waals surface area contributed by atoms with Gasteiger partial charge in [-0.05, 0) is 78.9 Å². The quantitative estimate of drug-likeness (QED) is 0.528. The van der Waals surface area contributed by atoms with E-state index in [-0.39, 0.29) is 24.0 Å². The molecule has 1 N–H and O–H groups in total. The predicted molar refractivity (Wildman–Crippen MR) is 126 cm³/mol. The monoisotopic (exact) mass is 444 g/mol. The van der Waals surface area contributed by atoms with Gasteiger partial charge in [0.1, 0.15) is 17.3 Å². The third-order valence-electron chi connectivity index (χ3n) is 5.86. The van der Waals surface area contributed by atoms with Gasteiger partial charge in [0.15, 0.2) is 0 Å². The first-order valence-corrected chi connectivity index (χ1v) is 10.7. The molecule has 0 radical (unpaired) electrons. The predicted octanol–water partition coefficient (Wildman–Crippen LogP) is 4.89. The summed E-state index contributed by atoms with van der Waals surface area (Å²) in [6.07, 6.45) is 0.519. The molecule has 5 nitrogen and oxygen atoms in total. The number of carbonyl (C=O) groups is 2. The van der Waals surface area contributed by atoms with E-state index in [0.29, 0.717) is 23.2 Å². The second-order valence-corrected chi connectivity index (χ2v) is 8.04. The number of methoxy groups -OCH3 is 1. The van der Waals surface area contributed by atoms with Crippen LogP contribution < -0.4 is 10.1 Å². The van der Waals surface area contributed by atoms with Crippen molar-refractivity contribution in [3.05, 3.63) is 100 Å². The average molecular weight is 445 g/mol. The van der Waals surface area contributed by atoms with Crippen LogP contribution in [0.2, 0.25) is 0 Å². The van der Waals surface area contributed by atoms with Crippen molar-refractivity contribution in [2.24, 2.45) is 0 Å². The van der Waals surface area contributed by atoms with Gasteiger partial charge in [0.05, 0.1) is 12.7 Å². The fraction of sp³-hybridized carbons (Fsp3) is 0.185. The zero-order valence-electron chi connectivity index (χ0n) is 18.8. The second kappa shape index (κ2) is 9.28. The number of hydrogen-bond acceptors (Lipinski definition) is 4. The van der Waals surface area contributed by atoms with Crippen LogP contribution in [0.4, 0.5) is 10.1 Å². The summed E-state index contributed by atoms with van der Waals surface area (Å²) < 4.78 is 18.5. The summed E-state index contributed by atoms with van der Waals surface area (Å²) in [6.45, 7) is 4.20. The van der Waals surface area contributed by atoms with Gasteiger partial charge in [0, 0.05) is 12.2 Å². The number of ether oxygens (including phenoxy) is 1. The number of carbonyl (C=O) groups excluding carboxylic acids is 2. The molecule has 0 saturated heterocycles. The summed E-state index contributed by atoms with van der Waals surface area (Å²) in [4.78, 5) is 28.0. The van der Waals surface area contributed by atoms with Crippen molar-refractivity contribution in [2.75, 3.05) is 19.0 Å². The molecule has 3 aromatic carbocycles. The molecular formula is C27H25FN2O3. The molecule has 6 heteroatoms. The van der Waals surface area contributed by atoms with Crippen LogP contribution >= 0.6 is 0 Å². The van der Waals surface area contributed by atoms with E-state index >= 15 is 0 Å². The van der Waals surface area contributed by atoms with E-state index in [1.807, 2.05) is 56.3 Å². The van der Waals surface area contributed by atoms with Gasteiger partial charge in [0.2, 0.25) is 0 Å². The van der Waals surface area contributed by atoms with Gasteiger partial charge in [-0.25, -0.2) is 4.39 Å². The highest BCUT2D eigenvalue weighted by atomic mass is 19.1. The topological polar surface area (TPSA) is 58.6 Å². The minimum absolute atomic E-state index is 0.199. The van der Waals surface area contributed by atoms with Gasteiger partial charge in [-0.1, -0.05) is 30.3 Å². The van der Waals surface area contributed by atoms with Crippen LogP contribution in [0.15, 0.2) is 72.4 Å². The summed E-state index contributed by atoms with van der Waals surface area (Å²) in [5, 5.41) is 3.06. The van der Waals surface area contributed by atoms with E-state index in [1.165, 1.54) is 29.2 Å². The maximum atomic E-state index is 13.4. The third-order valence-corrected chi connectivity index (χ3v) is 5.86. The summed E-state index contributed by atoms with van der Waals surface area (Å²) in [7, 11) is 1.60. The Morgan fingerprint density at radius 1 is 0.879 bits per heavy atom. The number of nitrogens with zero attached hydrogens (tertiary/aromatic N) is 1. The van der Waals surface area contributed by atoms with Crippen LogP contribution in [0.5, 0.6) is 5.75 Å². The molecule has 4 rings (SSSR count). The number of rotatable bonds is 7. The Morgan fingerprint density at radius 2 is 1.58 bits per heavy atom. The number of halogens is 1. The summed E-state index contributed by atoms with van der Waals surface area (Å²) in [5.74, 6) is -0.372. The van der Waals surface area contributed by atoms with Crippen LogP contribution in [-0.4, -0.2) is 30.4 Å². The normalized spacial score (nSPS) is 13.6. The molecule has 0 fully saturated rings. The fourth-order valence-electron chi connectivity index (χ4n) is 3.77. The van der Waals surface area contributed by atoms with E-state index in [9.17, 15) is 14.0 Å². The number of imide groups is 1. The third kappa shape index (κ3) is 4.65. The van der Waals surface area contributed by atoms with E-state index in [2.05, 4.69) is 5.32 Å². The lowest BCUT2D eigenvalue weighted by atomic mass is 9.99. The van der Waals surface area contributed by atoms with Gasteiger partial charge in [-0.3, -0.25) is 14.5 Å². The number of amides is 2. The Balaban J connectivity index is 1.65. The number of aryl methyl sites for hydroxylation is 2. The smallest absolute Gasteiger partial charge is 0.278 e. The lowest BCUT2D eigenvalue weighted by Gasteiger charge is -2.15. The number of hydrogen-bond donors (Lipinski definition) is 1. The Labute approximate surface area is 192 Å². The molecule has 1 aliphatic heterocycles. The number of nitrogens with one attached hydrogen (secondary N) is 1. The summed E-state index contributed by atoms with van der Waals surface area (Å²) in [6, 6.07) is 18.9. The van der Waals surface area contributed by atoms with Gasteiger partial charge < -0.3 is 10.1 Å². The van der Waals surface area contributed by atoms with E-state index < -0.39 is 5.91 Å². The molecule has 3 aromatic rings. The van der Waals surface area contributed by atoms with Gasteiger partial charge in [0.25, 0.3) is 11.8 Å². The molecule has 0 unspecified atom stereocenters. The van der Waals surface area contributed by atoms with Gasteiger partial charge >= 0.3 is 0 Å². The fourth-order valence-corrected chi connectivity index (χ4v) is 3.77. The second-order valence-electron chi connectivity index (χ2n) is 8.04. The average Bonchev–Trinajstić information content (AvgIpc) is 3.05. The first kappa shape index (κ1) is 22.3. The van der Waals surface area contributed by atoms with Crippen molar-refractivity contribution in [3.63, 3.8) is 0 Å². The molecular weight excluding hydrogens is 419 g/mol. The summed E-state index contributed by atoms with van der Waals surface area (Å²) in [5.41, 5.74) is 4.84. The maximum absolute atomic E-state index is 13.4. The lowest BCUT2D eigenvalue weighted by Crippen LogP contribution is -2.34. The molecule has 1 heterocycles. The highest BCUT2D eigenvalue weighted by Gasteiger charge is 2.39. The molecule has 0 aromatic heterocycles. The van der Waals surface area contributed by atoms with Crippen LogP contribution in [0.3, 0.4) is 0 Å². The Morgan fingerprint density at radius 3 is 2.21 bits per heavy atom. The van der Waals surface area contributed by atoms with Crippen LogP contribution in [-0.2, 0) is 16.0 Å². The highest BCUT2D eigenvalue weighted by Crippen LogP contribution is 2.31. The lowest BCUT2D eigenvalue weighted by molar-refractivity contribution is -0.136. The number of benzene rings is 3. The highest BCUT2D eigenvalue weighted by molar-refractivity contribution is 6.36. The molecule has 0 atom stereocenters. The largest absolute Gasteiger partial charge is 0.497 e. The van der Waals surface area contributed by atoms with Crippen LogP contribution in [0.1, 0.15) is 22.3 Å². The minimum Gasteiger partial charge on any atom is -0.497 e. The maximum Gasteiger partial charge on any atom is 0.278 e. The van der Waals surface area contributed by atoms with E-state index in [4.69, 9.17) is 4.74 Å². The molecule has 33 heavy (non-hydrogen) atoms. The zero-order chi connectivity index (χ0) is 23.5. The molecule has 0 aliphatic carbocycles. The molecule has 0 spiro atoms. The van der Waals surface area contributed by atoms with Gasteiger partial charge in [-0.15, -0.1) is 0 Å². The molecule has 2 amide bonds. The SMILES string of the molecule is COc1ccc(CCN2C(=O)C(Nc3ccc(F)cc3)=C(c3ccc(C)c(C)c3)C2=O)cc1. The van der Waals surface area contributed by atoms with Gasteiger partial charge in [-0.2, -0.15) is 0 Å².